The molecule has 3 aliphatic heterocycles. The molecule has 0 spiro atoms. The van der Waals surface area contributed by atoms with Crippen LogP contribution in [0.2, 0.25) is 0 Å². The second-order valence-corrected chi connectivity index (χ2v) is 12.9. The fourth-order valence-corrected chi connectivity index (χ4v) is 7.38. The molecule has 0 bridgehead atoms. The number of aliphatic hydroxyl groups excluding tert-OH is 1. The molecule has 1 aliphatic carbocycles. The Morgan fingerprint density at radius 1 is 1.02 bits per heavy atom. The minimum atomic E-state index is -5.06. The van der Waals surface area contributed by atoms with Crippen LogP contribution in [0.15, 0.2) is 36.4 Å². The van der Waals surface area contributed by atoms with Crippen molar-refractivity contribution in [2.75, 3.05) is 26.4 Å². The van der Waals surface area contributed by atoms with Crippen molar-refractivity contribution in [3.63, 3.8) is 0 Å². The molecule has 1 amide bonds. The van der Waals surface area contributed by atoms with E-state index < -0.39 is 60.3 Å². The number of aliphatic hydroxyl groups is 2. The predicted octanol–water partition coefficient (Wildman–Crippen LogP) is 5.84. The van der Waals surface area contributed by atoms with Gasteiger partial charge in [-0.05, 0) is 74.1 Å². The Balaban J connectivity index is 1.14. The van der Waals surface area contributed by atoms with Crippen molar-refractivity contribution in [2.45, 2.75) is 81.8 Å². The lowest BCUT2D eigenvalue weighted by atomic mass is 9.79. The maximum atomic E-state index is 14.0. The van der Waals surface area contributed by atoms with E-state index in [4.69, 9.17) is 9.47 Å². The summed E-state index contributed by atoms with van der Waals surface area (Å²) in [5, 5.41) is 19.1. The van der Waals surface area contributed by atoms with Crippen LogP contribution in [0.4, 0.5) is 26.3 Å². The fourth-order valence-electron chi connectivity index (χ4n) is 7.38. The lowest BCUT2D eigenvalue weighted by Crippen LogP contribution is -2.59. The van der Waals surface area contributed by atoms with Gasteiger partial charge in [0.15, 0.2) is 13.0 Å². The third kappa shape index (κ3) is 6.28. The highest BCUT2D eigenvalue weighted by Gasteiger charge is 2.56. The Morgan fingerprint density at radius 2 is 1.78 bits per heavy atom. The number of halogens is 6. The van der Waals surface area contributed by atoms with Gasteiger partial charge in [-0.1, -0.05) is 31.2 Å². The van der Waals surface area contributed by atoms with Crippen molar-refractivity contribution in [2.24, 2.45) is 11.8 Å². The summed E-state index contributed by atoms with van der Waals surface area (Å²) in [6.07, 6.45) is -8.18. The molecule has 0 radical (unpaired) electrons. The number of carbonyl (C=O) groups excluding carboxylic acids is 1. The Labute approximate surface area is 256 Å². The molecule has 7 nitrogen and oxygen atoms in total. The highest BCUT2D eigenvalue weighted by molar-refractivity contribution is 5.86. The second kappa shape index (κ2) is 11.7. The van der Waals surface area contributed by atoms with E-state index in [9.17, 15) is 41.4 Å². The lowest BCUT2D eigenvalue weighted by Gasteiger charge is -2.47. The molecule has 246 valence electrons. The van der Waals surface area contributed by atoms with E-state index in [1.807, 2.05) is 18.2 Å². The molecule has 3 heterocycles. The van der Waals surface area contributed by atoms with E-state index in [0.717, 1.165) is 37.9 Å². The van der Waals surface area contributed by atoms with Crippen LogP contribution in [0.5, 0.6) is 5.75 Å². The van der Waals surface area contributed by atoms with Crippen LogP contribution < -0.4 is 4.74 Å². The van der Waals surface area contributed by atoms with Crippen LogP contribution in [0.25, 0.3) is 0 Å². The Kier molecular flexibility index (Phi) is 8.37. The van der Waals surface area contributed by atoms with Gasteiger partial charge in [0.05, 0.1) is 24.3 Å². The number of ether oxygens (including phenoxy) is 2. The molecule has 2 aromatic carbocycles. The molecule has 45 heavy (non-hydrogen) atoms. The monoisotopic (exact) mass is 642 g/mol. The van der Waals surface area contributed by atoms with E-state index >= 15 is 0 Å². The summed E-state index contributed by atoms with van der Waals surface area (Å²) in [6.45, 7) is 3.06. The van der Waals surface area contributed by atoms with E-state index in [-0.39, 0.29) is 42.0 Å². The molecular weight excluding hydrogens is 606 g/mol. The third-order valence-corrected chi connectivity index (χ3v) is 9.88. The summed E-state index contributed by atoms with van der Waals surface area (Å²) < 4.78 is 93.2. The minimum absolute atomic E-state index is 0.0483. The standard InChI is InChI=1S/C32H36F6N2O5/c1-18-14-39(10-8-25(18)19-3-2-4-20(11-19)28(41)42)24-7-9-30(45-16-24,22-5-6-22)29(43)40-15-21-12-23(31(33,34)35)13-26(32(36,37)38)27(21)44-17-40/h2-4,11-13,18,22,24-25,28,41-42H,5-10,14-17H2,1H3/t18-,24+,25-,30-/m0/s1. The molecule has 2 N–H and O–H groups in total. The quantitative estimate of drug-likeness (QED) is 0.315. The van der Waals surface area contributed by atoms with Gasteiger partial charge in [0.1, 0.15) is 11.4 Å². The van der Waals surface area contributed by atoms with Gasteiger partial charge in [0.2, 0.25) is 0 Å². The number of fused-ring (bicyclic) bond motifs is 1. The van der Waals surface area contributed by atoms with Gasteiger partial charge in [-0.2, -0.15) is 26.3 Å². The van der Waals surface area contributed by atoms with Gasteiger partial charge >= 0.3 is 12.4 Å². The number of alkyl halides is 6. The normalized spacial score (nSPS) is 28.1. The molecule has 2 aromatic rings. The molecule has 1 saturated carbocycles. The summed E-state index contributed by atoms with van der Waals surface area (Å²) in [5.41, 5.74) is -2.98. The SMILES string of the molecule is C[C@H]1CN([C@@H]2CC[C@@](C(=O)N3COc4c(cc(C(F)(F)F)cc4C(F)(F)F)C3)(C3CC3)OC2)CC[C@@H]1c1cccc(C(O)O)c1. The van der Waals surface area contributed by atoms with Crippen LogP contribution in [-0.2, 0) is 28.4 Å². The third-order valence-electron chi connectivity index (χ3n) is 9.88. The van der Waals surface area contributed by atoms with Crippen LogP contribution in [0, 0.1) is 11.8 Å². The van der Waals surface area contributed by atoms with E-state index in [0.29, 0.717) is 24.5 Å². The first-order chi connectivity index (χ1) is 21.2. The molecule has 4 aliphatic rings. The van der Waals surface area contributed by atoms with Gasteiger partial charge in [-0.15, -0.1) is 0 Å². The van der Waals surface area contributed by atoms with Crippen LogP contribution >= 0.6 is 0 Å². The van der Waals surface area contributed by atoms with Crippen molar-refractivity contribution in [3.05, 3.63) is 64.2 Å². The Bertz CT molecular complexity index is 1420. The summed E-state index contributed by atoms with van der Waals surface area (Å²) in [6, 6.07) is 8.06. The summed E-state index contributed by atoms with van der Waals surface area (Å²) >= 11 is 0. The molecule has 0 aromatic heterocycles. The first-order valence-electron chi connectivity index (χ1n) is 15.2. The van der Waals surface area contributed by atoms with Crippen LogP contribution in [0.3, 0.4) is 0 Å². The summed E-state index contributed by atoms with van der Waals surface area (Å²) in [7, 11) is 0. The van der Waals surface area contributed by atoms with Gasteiger partial charge in [0.25, 0.3) is 5.91 Å². The number of hydrogen-bond donors (Lipinski definition) is 2. The second-order valence-electron chi connectivity index (χ2n) is 12.9. The number of nitrogens with zero attached hydrogens (tertiary/aromatic N) is 2. The zero-order valence-corrected chi connectivity index (χ0v) is 24.7. The number of hydrogen-bond acceptors (Lipinski definition) is 6. The molecule has 6 rings (SSSR count). The molecule has 13 heteroatoms. The van der Waals surface area contributed by atoms with Gasteiger partial charge in [-0.3, -0.25) is 9.69 Å². The fraction of sp³-hybridized carbons (Fsp3) is 0.594. The van der Waals surface area contributed by atoms with Crippen molar-refractivity contribution in [1.29, 1.82) is 0 Å². The molecule has 0 unspecified atom stereocenters. The average molecular weight is 643 g/mol. The molecular formula is C32H36F6N2O5. The highest BCUT2D eigenvalue weighted by atomic mass is 19.4. The minimum Gasteiger partial charge on any atom is -0.472 e. The predicted molar refractivity (Wildman–Crippen MR) is 149 cm³/mol. The number of likely N-dealkylation sites (tertiary alicyclic amines) is 1. The van der Waals surface area contributed by atoms with E-state index in [1.165, 1.54) is 4.90 Å². The maximum absolute atomic E-state index is 14.0. The topological polar surface area (TPSA) is 82.5 Å². The average Bonchev–Trinajstić information content (AvgIpc) is 3.85. The van der Waals surface area contributed by atoms with Crippen molar-refractivity contribution < 1.29 is 50.8 Å². The first-order valence-corrected chi connectivity index (χ1v) is 15.2. The number of benzene rings is 2. The zero-order chi connectivity index (χ0) is 32.3. The number of amides is 1. The Morgan fingerprint density at radius 3 is 2.38 bits per heavy atom. The lowest BCUT2D eigenvalue weighted by molar-refractivity contribution is -0.181. The van der Waals surface area contributed by atoms with Crippen molar-refractivity contribution in [3.8, 4) is 5.75 Å². The van der Waals surface area contributed by atoms with Crippen LogP contribution in [0.1, 0.15) is 79.1 Å². The number of rotatable bonds is 5. The van der Waals surface area contributed by atoms with Gasteiger partial charge < -0.3 is 24.6 Å². The van der Waals surface area contributed by atoms with Crippen LogP contribution in [-0.4, -0.2) is 64.0 Å². The summed E-state index contributed by atoms with van der Waals surface area (Å²) in [5.74, 6) is -0.692. The van der Waals surface area contributed by atoms with Gasteiger partial charge in [0, 0.05) is 23.7 Å². The van der Waals surface area contributed by atoms with E-state index in [1.54, 1.807) is 6.07 Å². The maximum Gasteiger partial charge on any atom is 0.419 e. The Hall–Kier alpha value is -2.87. The molecule has 2 saturated heterocycles. The molecule has 4 atom stereocenters. The van der Waals surface area contributed by atoms with Crippen molar-refractivity contribution >= 4 is 5.91 Å². The highest BCUT2D eigenvalue weighted by Crippen LogP contribution is 2.50. The first kappa shape index (κ1) is 32.1. The van der Waals surface area contributed by atoms with Crippen molar-refractivity contribution in [1.82, 2.24) is 9.80 Å². The van der Waals surface area contributed by atoms with Gasteiger partial charge in [-0.25, -0.2) is 0 Å². The van der Waals surface area contributed by atoms with E-state index in [2.05, 4.69) is 11.8 Å². The number of piperidine rings is 1. The zero-order valence-electron chi connectivity index (χ0n) is 24.7. The molecule has 3 fully saturated rings. The summed E-state index contributed by atoms with van der Waals surface area (Å²) in [4.78, 5) is 17.5. The number of carbonyl (C=O) groups is 1. The largest absolute Gasteiger partial charge is 0.472 e. The smallest absolute Gasteiger partial charge is 0.419 e.